The van der Waals surface area contributed by atoms with Crippen molar-refractivity contribution in [3.63, 3.8) is 0 Å². The topological polar surface area (TPSA) is 92.9 Å². The van der Waals surface area contributed by atoms with Gasteiger partial charge in [-0.05, 0) is 66.6 Å². The second kappa shape index (κ2) is 8.86. The largest absolute Gasteiger partial charge is 0.503 e. The molecule has 2 aromatic heterocycles. The van der Waals surface area contributed by atoms with Gasteiger partial charge in [-0.15, -0.1) is 0 Å². The molecule has 0 radical (unpaired) electrons. The van der Waals surface area contributed by atoms with Gasteiger partial charge in [0.1, 0.15) is 11.3 Å². The molecule has 0 bridgehead atoms. The number of aliphatic hydroxyl groups is 1. The Bertz CT molecular complexity index is 1770. The van der Waals surface area contributed by atoms with Crippen LogP contribution in [0.5, 0.6) is 5.75 Å². The van der Waals surface area contributed by atoms with Crippen molar-refractivity contribution < 1.29 is 23.8 Å². The first-order valence-electron chi connectivity index (χ1n) is 11.4. The first-order valence-corrected chi connectivity index (χ1v) is 13.0. The van der Waals surface area contributed by atoms with Crippen LogP contribution in [0.3, 0.4) is 0 Å². The van der Waals surface area contributed by atoms with Gasteiger partial charge in [-0.1, -0.05) is 45.5 Å². The van der Waals surface area contributed by atoms with Crippen LogP contribution in [0.25, 0.3) is 21.2 Å². The van der Waals surface area contributed by atoms with Gasteiger partial charge in [-0.3, -0.25) is 14.5 Å². The highest BCUT2D eigenvalue weighted by atomic mass is 79.9. The van der Waals surface area contributed by atoms with Crippen molar-refractivity contribution in [2.24, 2.45) is 0 Å². The lowest BCUT2D eigenvalue weighted by Gasteiger charge is -2.24. The van der Waals surface area contributed by atoms with Gasteiger partial charge in [-0.25, -0.2) is 4.98 Å². The zero-order valence-electron chi connectivity index (χ0n) is 19.7. The number of amides is 1. The highest BCUT2D eigenvalue weighted by molar-refractivity contribution is 9.10. The van der Waals surface area contributed by atoms with Crippen molar-refractivity contribution in [3.8, 4) is 5.75 Å². The van der Waals surface area contributed by atoms with Gasteiger partial charge in [0.05, 0.1) is 28.9 Å². The Morgan fingerprint density at radius 3 is 2.78 bits per heavy atom. The smallest absolute Gasteiger partial charge is 0.296 e. The number of aromatic nitrogens is 1. The number of benzene rings is 3. The summed E-state index contributed by atoms with van der Waals surface area (Å²) in [6.07, 6.45) is 0. The highest BCUT2D eigenvalue weighted by Gasteiger charge is 2.46. The number of thiazole rings is 1. The molecule has 6 rings (SSSR count). The number of methoxy groups -OCH3 is 1. The summed E-state index contributed by atoms with van der Waals surface area (Å²) in [5.41, 5.74) is 2.83. The molecule has 1 N–H and O–H groups in total. The minimum atomic E-state index is -0.934. The lowest BCUT2D eigenvalue weighted by Crippen LogP contribution is -2.31. The number of fused-ring (bicyclic) bond motifs is 2. The van der Waals surface area contributed by atoms with Crippen LogP contribution in [0.2, 0.25) is 0 Å². The number of anilines is 1. The summed E-state index contributed by atoms with van der Waals surface area (Å²) in [6.45, 7) is 1.98. The van der Waals surface area contributed by atoms with Gasteiger partial charge < -0.3 is 14.3 Å². The Morgan fingerprint density at radius 2 is 1.97 bits per heavy atom. The van der Waals surface area contributed by atoms with Crippen LogP contribution in [-0.4, -0.2) is 28.9 Å². The summed E-state index contributed by atoms with van der Waals surface area (Å²) in [7, 11) is 1.54. The molecule has 1 aliphatic heterocycles. The maximum absolute atomic E-state index is 13.8. The van der Waals surface area contributed by atoms with E-state index in [-0.39, 0.29) is 11.3 Å². The quantitative estimate of drug-likeness (QED) is 0.229. The molecule has 0 spiro atoms. The molecule has 0 aliphatic carbocycles. The number of carbonyl (C=O) groups is 2. The minimum Gasteiger partial charge on any atom is -0.503 e. The normalized spacial score (nSPS) is 15.8. The van der Waals surface area contributed by atoms with E-state index in [0.29, 0.717) is 22.0 Å². The SMILES string of the molecule is COc1cccc(C2C(C(=O)c3cc4cc(Br)ccc4o3)=C(O)C(=O)N2c2nc3ccc(C)cc3s2)c1. The molecule has 3 heterocycles. The zero-order chi connectivity index (χ0) is 25.8. The molecule has 1 atom stereocenters. The van der Waals surface area contributed by atoms with Crippen molar-refractivity contribution >= 4 is 65.3 Å². The Balaban J connectivity index is 1.52. The van der Waals surface area contributed by atoms with E-state index in [9.17, 15) is 14.7 Å². The number of nitrogens with zero attached hydrogens (tertiary/aromatic N) is 2. The third-order valence-corrected chi connectivity index (χ3v) is 7.81. The molecular formula is C28H19BrN2O5S. The van der Waals surface area contributed by atoms with E-state index in [0.717, 1.165) is 25.6 Å². The maximum Gasteiger partial charge on any atom is 0.296 e. The molecule has 5 aromatic rings. The van der Waals surface area contributed by atoms with Crippen molar-refractivity contribution in [1.82, 2.24) is 4.98 Å². The van der Waals surface area contributed by atoms with Crippen LogP contribution in [0.4, 0.5) is 5.13 Å². The summed E-state index contributed by atoms with van der Waals surface area (Å²) < 4.78 is 13.0. The summed E-state index contributed by atoms with van der Waals surface area (Å²) in [5.74, 6) is -1.33. The Hall–Kier alpha value is -3.95. The van der Waals surface area contributed by atoms with Crippen LogP contribution in [0.1, 0.15) is 27.7 Å². The molecule has 1 unspecified atom stereocenters. The molecule has 0 saturated carbocycles. The second-order valence-electron chi connectivity index (χ2n) is 8.71. The van der Waals surface area contributed by atoms with Gasteiger partial charge in [-0.2, -0.15) is 0 Å². The molecule has 1 aliphatic rings. The number of ketones is 1. The number of Topliss-reactive ketones (excluding diaryl/α,β-unsaturated/α-hetero) is 1. The van der Waals surface area contributed by atoms with Crippen LogP contribution < -0.4 is 9.64 Å². The first kappa shape index (κ1) is 23.4. The number of aliphatic hydroxyl groups excluding tert-OH is 1. The average Bonchev–Trinajstić information content (AvgIpc) is 3.57. The molecule has 7 nitrogen and oxygen atoms in total. The Labute approximate surface area is 223 Å². The van der Waals surface area contributed by atoms with Gasteiger partial charge in [0.15, 0.2) is 16.7 Å². The fourth-order valence-corrected chi connectivity index (χ4v) is 6.01. The van der Waals surface area contributed by atoms with E-state index in [1.807, 2.05) is 37.3 Å². The van der Waals surface area contributed by atoms with E-state index < -0.39 is 23.5 Å². The van der Waals surface area contributed by atoms with Gasteiger partial charge in [0, 0.05) is 9.86 Å². The number of halogens is 1. The van der Waals surface area contributed by atoms with Gasteiger partial charge >= 0.3 is 0 Å². The van der Waals surface area contributed by atoms with Gasteiger partial charge in [0.2, 0.25) is 5.78 Å². The van der Waals surface area contributed by atoms with E-state index in [1.165, 1.54) is 16.2 Å². The molecule has 184 valence electrons. The van der Waals surface area contributed by atoms with Crippen molar-refractivity contribution in [2.75, 3.05) is 12.0 Å². The standard InChI is InChI=1S/C28H19BrN2O5S/c1-14-6-8-19-22(10-14)37-28(30-19)31-24(15-4-3-5-18(12-15)35-2)23(26(33)27(31)34)25(32)21-13-16-11-17(29)7-9-20(16)36-21/h3-13,24,33H,1-2H3. The van der Waals surface area contributed by atoms with E-state index >= 15 is 0 Å². The minimum absolute atomic E-state index is 0.0251. The van der Waals surface area contributed by atoms with Crippen LogP contribution in [0.15, 0.2) is 87.0 Å². The second-order valence-corrected chi connectivity index (χ2v) is 10.6. The maximum atomic E-state index is 13.8. The number of carbonyl (C=O) groups excluding carboxylic acids is 2. The fraction of sp³-hybridized carbons (Fsp3) is 0.107. The Morgan fingerprint density at radius 1 is 1.14 bits per heavy atom. The van der Waals surface area contributed by atoms with Crippen LogP contribution in [0, 0.1) is 6.92 Å². The van der Waals surface area contributed by atoms with Crippen LogP contribution >= 0.6 is 27.3 Å². The molecule has 0 fully saturated rings. The number of furan rings is 1. The number of rotatable bonds is 5. The first-order chi connectivity index (χ1) is 17.8. The van der Waals surface area contributed by atoms with Crippen molar-refractivity contribution in [3.05, 3.63) is 99.4 Å². The van der Waals surface area contributed by atoms with Gasteiger partial charge in [0.25, 0.3) is 5.91 Å². The number of aryl methyl sites for hydroxylation is 1. The molecule has 3 aromatic carbocycles. The molecule has 0 saturated heterocycles. The fourth-order valence-electron chi connectivity index (χ4n) is 4.54. The van der Waals surface area contributed by atoms with E-state index in [4.69, 9.17) is 9.15 Å². The van der Waals surface area contributed by atoms with E-state index in [1.54, 1.807) is 43.5 Å². The van der Waals surface area contributed by atoms with E-state index in [2.05, 4.69) is 20.9 Å². The monoisotopic (exact) mass is 574 g/mol. The Kier molecular flexibility index (Phi) is 5.62. The summed E-state index contributed by atoms with van der Waals surface area (Å²) >= 11 is 4.75. The zero-order valence-corrected chi connectivity index (χ0v) is 22.1. The molecular weight excluding hydrogens is 556 g/mol. The predicted molar refractivity (Wildman–Crippen MR) is 145 cm³/mol. The highest BCUT2D eigenvalue weighted by Crippen LogP contribution is 2.45. The summed E-state index contributed by atoms with van der Waals surface area (Å²) in [6, 6.07) is 19.0. The molecule has 1 amide bonds. The summed E-state index contributed by atoms with van der Waals surface area (Å²) in [5, 5.41) is 12.2. The molecule has 9 heteroatoms. The predicted octanol–water partition coefficient (Wildman–Crippen LogP) is 6.90. The number of hydrogen-bond donors (Lipinski definition) is 1. The number of hydrogen-bond acceptors (Lipinski definition) is 7. The molecule has 37 heavy (non-hydrogen) atoms. The van der Waals surface area contributed by atoms with Crippen LogP contribution in [-0.2, 0) is 4.79 Å². The lowest BCUT2D eigenvalue weighted by atomic mass is 9.95. The van der Waals surface area contributed by atoms with Crippen molar-refractivity contribution in [1.29, 1.82) is 0 Å². The number of ether oxygens (including phenoxy) is 1. The lowest BCUT2D eigenvalue weighted by molar-refractivity contribution is -0.117. The third-order valence-electron chi connectivity index (χ3n) is 6.30. The summed E-state index contributed by atoms with van der Waals surface area (Å²) in [4.78, 5) is 33.4. The average molecular weight is 575 g/mol. The van der Waals surface area contributed by atoms with Crippen molar-refractivity contribution in [2.45, 2.75) is 13.0 Å². The third kappa shape index (κ3) is 3.91.